The van der Waals surface area contributed by atoms with Crippen LogP contribution in [0.5, 0.6) is 0 Å². The predicted octanol–water partition coefficient (Wildman–Crippen LogP) is 3.39. The molecule has 3 nitrogen and oxygen atoms in total. The minimum atomic E-state index is 0.0999. The van der Waals surface area contributed by atoms with Crippen LogP contribution in [0.4, 0.5) is 5.13 Å². The Morgan fingerprint density at radius 2 is 2.28 bits per heavy atom. The Hall–Kier alpha value is -1.20. The normalized spacial score (nSPS) is 10.6. The Kier molecular flexibility index (Phi) is 4.14. The molecule has 0 aliphatic heterocycles. The number of anilines is 1. The highest BCUT2D eigenvalue weighted by atomic mass is 32.1. The van der Waals surface area contributed by atoms with E-state index < -0.39 is 0 Å². The highest BCUT2D eigenvalue weighted by Gasteiger charge is 2.14. The first-order valence-electron chi connectivity index (χ1n) is 5.80. The van der Waals surface area contributed by atoms with Crippen LogP contribution < -0.4 is 4.90 Å². The van der Waals surface area contributed by atoms with Gasteiger partial charge in [-0.2, -0.15) is 0 Å². The third-order valence-corrected chi connectivity index (χ3v) is 5.01. The molecule has 2 rings (SSSR count). The SMILES string of the molecule is CC(=O)c1sc(N(C)CCc2cccs2)nc1C. The van der Waals surface area contributed by atoms with E-state index in [1.165, 1.54) is 16.2 Å². The second kappa shape index (κ2) is 5.63. The summed E-state index contributed by atoms with van der Waals surface area (Å²) < 4.78 is 0. The summed E-state index contributed by atoms with van der Waals surface area (Å²) in [5.41, 5.74) is 0.838. The molecule has 0 radical (unpaired) electrons. The van der Waals surface area contributed by atoms with Gasteiger partial charge in [-0.25, -0.2) is 4.98 Å². The fraction of sp³-hybridized carbons (Fsp3) is 0.385. The van der Waals surface area contributed by atoms with E-state index >= 15 is 0 Å². The van der Waals surface area contributed by atoms with Gasteiger partial charge < -0.3 is 4.90 Å². The Labute approximate surface area is 115 Å². The maximum atomic E-state index is 11.4. The Balaban J connectivity index is 2.02. The first-order valence-corrected chi connectivity index (χ1v) is 7.49. The highest BCUT2D eigenvalue weighted by Crippen LogP contribution is 2.25. The molecule has 0 aliphatic rings. The number of hydrogen-bond acceptors (Lipinski definition) is 5. The van der Waals surface area contributed by atoms with Gasteiger partial charge in [-0.15, -0.1) is 11.3 Å². The van der Waals surface area contributed by atoms with Gasteiger partial charge in [0.1, 0.15) is 0 Å². The van der Waals surface area contributed by atoms with Crippen LogP contribution in [-0.4, -0.2) is 24.4 Å². The van der Waals surface area contributed by atoms with Crippen molar-refractivity contribution in [3.8, 4) is 0 Å². The van der Waals surface area contributed by atoms with Crippen molar-refractivity contribution in [1.82, 2.24) is 4.98 Å². The van der Waals surface area contributed by atoms with Gasteiger partial charge in [0.25, 0.3) is 0 Å². The number of rotatable bonds is 5. The van der Waals surface area contributed by atoms with Crippen molar-refractivity contribution in [2.24, 2.45) is 0 Å². The van der Waals surface area contributed by atoms with Gasteiger partial charge in [-0.05, 0) is 24.8 Å². The van der Waals surface area contributed by atoms with E-state index in [4.69, 9.17) is 0 Å². The van der Waals surface area contributed by atoms with E-state index in [2.05, 4.69) is 27.4 Å². The average Bonchev–Trinajstić information content (AvgIpc) is 2.94. The molecule has 0 aliphatic carbocycles. The van der Waals surface area contributed by atoms with Crippen molar-refractivity contribution in [2.75, 3.05) is 18.5 Å². The summed E-state index contributed by atoms with van der Waals surface area (Å²) in [5, 5.41) is 3.02. The minimum Gasteiger partial charge on any atom is -0.351 e. The van der Waals surface area contributed by atoms with Crippen molar-refractivity contribution < 1.29 is 4.79 Å². The molecule has 5 heteroatoms. The fourth-order valence-electron chi connectivity index (χ4n) is 1.70. The molecule has 0 aromatic carbocycles. The molecule has 0 N–H and O–H groups in total. The van der Waals surface area contributed by atoms with Crippen molar-refractivity contribution >= 4 is 33.6 Å². The van der Waals surface area contributed by atoms with E-state index in [0.29, 0.717) is 0 Å². The van der Waals surface area contributed by atoms with Crippen LogP contribution in [0, 0.1) is 6.92 Å². The van der Waals surface area contributed by atoms with Crippen LogP contribution in [0.2, 0.25) is 0 Å². The van der Waals surface area contributed by atoms with Gasteiger partial charge >= 0.3 is 0 Å². The van der Waals surface area contributed by atoms with Gasteiger partial charge in [0, 0.05) is 25.4 Å². The number of carbonyl (C=O) groups is 1. The standard InChI is InChI=1S/C13H16N2OS2/c1-9-12(10(2)16)18-13(14-9)15(3)7-6-11-5-4-8-17-11/h4-5,8H,6-7H2,1-3H3. The summed E-state index contributed by atoms with van der Waals surface area (Å²) in [6.45, 7) is 4.41. The number of aromatic nitrogens is 1. The molecule has 0 saturated heterocycles. The van der Waals surface area contributed by atoms with Crippen LogP contribution in [-0.2, 0) is 6.42 Å². The summed E-state index contributed by atoms with van der Waals surface area (Å²) in [7, 11) is 2.02. The van der Waals surface area contributed by atoms with E-state index in [9.17, 15) is 4.79 Å². The molecule has 96 valence electrons. The second-order valence-corrected chi connectivity index (χ2v) is 6.23. The number of nitrogens with zero attached hydrogens (tertiary/aromatic N) is 2. The lowest BCUT2D eigenvalue weighted by atomic mass is 10.3. The number of aryl methyl sites for hydroxylation is 1. The largest absolute Gasteiger partial charge is 0.351 e. The Morgan fingerprint density at radius 1 is 1.50 bits per heavy atom. The zero-order valence-corrected chi connectivity index (χ0v) is 12.4. The van der Waals surface area contributed by atoms with Gasteiger partial charge in [0.15, 0.2) is 10.9 Å². The number of Topliss-reactive ketones (excluding diaryl/α,β-unsaturated/α-hetero) is 1. The molecule has 18 heavy (non-hydrogen) atoms. The molecule has 0 spiro atoms. The predicted molar refractivity (Wildman–Crippen MR) is 78.1 cm³/mol. The van der Waals surface area contributed by atoms with E-state index in [1.54, 1.807) is 18.3 Å². The van der Waals surface area contributed by atoms with Crippen LogP contribution in [0.25, 0.3) is 0 Å². The monoisotopic (exact) mass is 280 g/mol. The smallest absolute Gasteiger partial charge is 0.185 e. The van der Waals surface area contributed by atoms with Gasteiger partial charge in [0.2, 0.25) is 0 Å². The topological polar surface area (TPSA) is 33.2 Å². The maximum Gasteiger partial charge on any atom is 0.185 e. The van der Waals surface area contributed by atoms with Gasteiger partial charge in [-0.1, -0.05) is 17.4 Å². The van der Waals surface area contributed by atoms with Crippen molar-refractivity contribution in [3.05, 3.63) is 33.0 Å². The van der Waals surface area contributed by atoms with Crippen LogP contribution in [0.3, 0.4) is 0 Å². The van der Waals surface area contributed by atoms with Crippen molar-refractivity contribution in [1.29, 1.82) is 0 Å². The van der Waals surface area contributed by atoms with Crippen LogP contribution in [0.15, 0.2) is 17.5 Å². The molecule has 2 heterocycles. The van der Waals surface area contributed by atoms with Crippen molar-refractivity contribution in [3.63, 3.8) is 0 Å². The molecule has 0 saturated carbocycles. The average molecular weight is 280 g/mol. The Morgan fingerprint density at radius 3 is 2.83 bits per heavy atom. The highest BCUT2D eigenvalue weighted by molar-refractivity contribution is 7.17. The first kappa shape index (κ1) is 13.2. The fourth-order valence-corrected chi connectivity index (χ4v) is 3.35. The van der Waals surface area contributed by atoms with E-state index in [0.717, 1.165) is 28.7 Å². The number of thiophene rings is 1. The molecule has 2 aromatic heterocycles. The number of hydrogen-bond donors (Lipinski definition) is 0. The summed E-state index contributed by atoms with van der Waals surface area (Å²) in [6.07, 6.45) is 1.02. The quantitative estimate of drug-likeness (QED) is 0.787. The van der Waals surface area contributed by atoms with Crippen LogP contribution in [0.1, 0.15) is 27.2 Å². The number of thiazole rings is 1. The second-order valence-electron chi connectivity index (χ2n) is 4.22. The van der Waals surface area contributed by atoms with Gasteiger partial charge in [0.05, 0.1) is 10.6 Å². The molecule has 0 amide bonds. The molecule has 0 atom stereocenters. The summed E-state index contributed by atoms with van der Waals surface area (Å²) >= 11 is 3.26. The lowest BCUT2D eigenvalue weighted by molar-refractivity contribution is 0.102. The molecule has 0 bridgehead atoms. The molecular formula is C13H16N2OS2. The van der Waals surface area contributed by atoms with E-state index in [1.807, 2.05) is 14.0 Å². The zero-order chi connectivity index (χ0) is 13.1. The van der Waals surface area contributed by atoms with Crippen molar-refractivity contribution in [2.45, 2.75) is 20.3 Å². The summed E-state index contributed by atoms with van der Waals surface area (Å²) in [5.74, 6) is 0.0999. The third kappa shape index (κ3) is 2.97. The number of ketones is 1. The lowest BCUT2D eigenvalue weighted by Gasteiger charge is -2.14. The number of carbonyl (C=O) groups excluding carboxylic acids is 1. The molecule has 0 unspecified atom stereocenters. The van der Waals surface area contributed by atoms with E-state index in [-0.39, 0.29) is 5.78 Å². The summed E-state index contributed by atoms with van der Waals surface area (Å²) in [4.78, 5) is 20.1. The zero-order valence-electron chi connectivity index (χ0n) is 10.8. The van der Waals surface area contributed by atoms with Crippen LogP contribution >= 0.6 is 22.7 Å². The maximum absolute atomic E-state index is 11.4. The number of likely N-dealkylation sites (N-methyl/N-ethyl adjacent to an activating group) is 1. The third-order valence-electron chi connectivity index (χ3n) is 2.71. The Bertz CT molecular complexity index is 531. The lowest BCUT2D eigenvalue weighted by Crippen LogP contribution is -2.19. The van der Waals surface area contributed by atoms with Gasteiger partial charge in [-0.3, -0.25) is 4.79 Å². The molecular weight excluding hydrogens is 264 g/mol. The molecule has 0 fully saturated rings. The molecule has 2 aromatic rings. The minimum absolute atomic E-state index is 0.0999. The summed E-state index contributed by atoms with van der Waals surface area (Å²) in [6, 6.07) is 4.22. The first-order chi connectivity index (χ1) is 8.58.